The van der Waals surface area contributed by atoms with Gasteiger partial charge in [0.05, 0.1) is 0 Å². The van der Waals surface area contributed by atoms with Gasteiger partial charge in [-0.05, 0) is 31.0 Å². The van der Waals surface area contributed by atoms with Crippen LogP contribution < -0.4 is 10.6 Å². The summed E-state index contributed by atoms with van der Waals surface area (Å²) >= 11 is 8.38. The maximum Gasteiger partial charge on any atom is 0.0459 e. The van der Waals surface area contributed by atoms with Crippen LogP contribution in [0.3, 0.4) is 0 Å². The van der Waals surface area contributed by atoms with Crippen molar-refractivity contribution >= 4 is 29.1 Å². The molecular formula is C14H21ClN2S. The molecule has 1 heterocycles. The lowest BCUT2D eigenvalue weighted by atomic mass is 10.0. The summed E-state index contributed by atoms with van der Waals surface area (Å²) in [5.74, 6) is 1.19. The Bertz CT molecular complexity index is 409. The molecule has 0 bridgehead atoms. The number of hydrogen-bond acceptors (Lipinski definition) is 3. The summed E-state index contributed by atoms with van der Waals surface area (Å²) in [6.07, 6.45) is 0.840. The molecule has 0 amide bonds. The van der Waals surface area contributed by atoms with Crippen molar-refractivity contribution < 1.29 is 0 Å². The highest BCUT2D eigenvalue weighted by Gasteiger charge is 2.20. The van der Waals surface area contributed by atoms with Crippen LogP contribution in [-0.4, -0.2) is 30.1 Å². The second-order valence-electron chi connectivity index (χ2n) is 5.05. The lowest BCUT2D eigenvalue weighted by Crippen LogP contribution is -2.37. The van der Waals surface area contributed by atoms with Gasteiger partial charge in [-0.25, -0.2) is 0 Å². The first-order valence-electron chi connectivity index (χ1n) is 6.47. The quantitative estimate of drug-likeness (QED) is 0.924. The van der Waals surface area contributed by atoms with Crippen LogP contribution >= 0.6 is 23.4 Å². The van der Waals surface area contributed by atoms with Gasteiger partial charge in [0.25, 0.3) is 0 Å². The van der Waals surface area contributed by atoms with Crippen molar-refractivity contribution in [1.82, 2.24) is 0 Å². The summed E-state index contributed by atoms with van der Waals surface area (Å²) in [5.41, 5.74) is 8.41. The zero-order chi connectivity index (χ0) is 13.1. The molecule has 2 unspecified atom stereocenters. The van der Waals surface area contributed by atoms with E-state index in [9.17, 15) is 0 Å². The van der Waals surface area contributed by atoms with Crippen LogP contribution in [-0.2, 0) is 6.42 Å². The molecule has 1 aliphatic rings. The maximum absolute atomic E-state index is 6.34. The smallest absolute Gasteiger partial charge is 0.0459 e. The minimum absolute atomic E-state index is 0.139. The Kier molecular flexibility index (Phi) is 4.82. The predicted octanol–water partition coefficient (Wildman–Crippen LogP) is 3.17. The van der Waals surface area contributed by atoms with E-state index in [2.05, 4.69) is 17.9 Å². The van der Waals surface area contributed by atoms with Crippen LogP contribution in [0.4, 0.5) is 5.69 Å². The fraction of sp³-hybridized carbons (Fsp3) is 0.571. The maximum atomic E-state index is 6.34. The summed E-state index contributed by atoms with van der Waals surface area (Å²) in [6.45, 7) is 6.51. The number of halogens is 1. The SMILES string of the molecule is CC(N)Cc1c(Cl)cccc1N1CCSC(C)C1. The molecule has 0 aliphatic carbocycles. The van der Waals surface area contributed by atoms with Crippen molar-refractivity contribution in [2.45, 2.75) is 31.6 Å². The van der Waals surface area contributed by atoms with Gasteiger partial charge in [0, 0.05) is 40.8 Å². The van der Waals surface area contributed by atoms with E-state index < -0.39 is 0 Å². The monoisotopic (exact) mass is 284 g/mol. The Labute approximate surface area is 119 Å². The predicted molar refractivity (Wildman–Crippen MR) is 82.9 cm³/mol. The van der Waals surface area contributed by atoms with Crippen molar-refractivity contribution in [2.24, 2.45) is 5.73 Å². The molecular weight excluding hydrogens is 264 g/mol. The van der Waals surface area contributed by atoms with E-state index in [1.807, 2.05) is 30.8 Å². The first-order chi connectivity index (χ1) is 8.58. The molecule has 2 rings (SSSR count). The summed E-state index contributed by atoms with van der Waals surface area (Å²) < 4.78 is 0. The van der Waals surface area contributed by atoms with Crippen LogP contribution in [0.1, 0.15) is 19.4 Å². The van der Waals surface area contributed by atoms with Crippen LogP contribution in [0.15, 0.2) is 18.2 Å². The topological polar surface area (TPSA) is 29.3 Å². The third-order valence-electron chi connectivity index (χ3n) is 3.20. The van der Waals surface area contributed by atoms with E-state index >= 15 is 0 Å². The minimum Gasteiger partial charge on any atom is -0.369 e. The summed E-state index contributed by atoms with van der Waals surface area (Å²) in [5, 5.41) is 1.52. The molecule has 1 aromatic carbocycles. The van der Waals surface area contributed by atoms with Crippen LogP contribution in [0.2, 0.25) is 5.02 Å². The third kappa shape index (κ3) is 3.34. The zero-order valence-electron chi connectivity index (χ0n) is 11.0. The van der Waals surface area contributed by atoms with Gasteiger partial charge < -0.3 is 10.6 Å². The molecule has 1 aromatic rings. The largest absolute Gasteiger partial charge is 0.369 e. The Morgan fingerprint density at radius 3 is 3.00 bits per heavy atom. The number of nitrogens with two attached hydrogens (primary N) is 1. The molecule has 0 spiro atoms. The molecule has 1 fully saturated rings. The van der Waals surface area contributed by atoms with Gasteiger partial charge in [-0.1, -0.05) is 24.6 Å². The first kappa shape index (κ1) is 14.0. The Hall–Kier alpha value is -0.380. The van der Waals surface area contributed by atoms with E-state index in [-0.39, 0.29) is 6.04 Å². The number of nitrogens with zero attached hydrogens (tertiary/aromatic N) is 1. The molecule has 0 aromatic heterocycles. The number of hydrogen-bond donors (Lipinski definition) is 1. The average Bonchev–Trinajstić information content (AvgIpc) is 2.31. The van der Waals surface area contributed by atoms with Crippen LogP contribution in [0.25, 0.3) is 0 Å². The third-order valence-corrected chi connectivity index (χ3v) is 4.69. The molecule has 4 heteroatoms. The summed E-state index contributed by atoms with van der Waals surface area (Å²) in [7, 11) is 0. The second-order valence-corrected chi connectivity index (χ2v) is 7.00. The molecule has 0 saturated carbocycles. The van der Waals surface area contributed by atoms with Crippen LogP contribution in [0.5, 0.6) is 0 Å². The molecule has 2 N–H and O–H groups in total. The molecule has 2 nitrogen and oxygen atoms in total. The van der Waals surface area contributed by atoms with Gasteiger partial charge in [0.2, 0.25) is 0 Å². The van der Waals surface area contributed by atoms with Gasteiger partial charge in [-0.2, -0.15) is 11.8 Å². The van der Waals surface area contributed by atoms with E-state index in [0.29, 0.717) is 5.25 Å². The van der Waals surface area contributed by atoms with Gasteiger partial charge >= 0.3 is 0 Å². The second kappa shape index (κ2) is 6.18. The highest BCUT2D eigenvalue weighted by molar-refractivity contribution is 8.00. The minimum atomic E-state index is 0.139. The van der Waals surface area contributed by atoms with Crippen molar-refractivity contribution in [3.63, 3.8) is 0 Å². The highest BCUT2D eigenvalue weighted by atomic mass is 35.5. The van der Waals surface area contributed by atoms with E-state index in [1.165, 1.54) is 17.0 Å². The lowest BCUT2D eigenvalue weighted by molar-refractivity contribution is 0.725. The fourth-order valence-electron chi connectivity index (χ4n) is 2.40. The normalized spacial score (nSPS) is 22.0. The first-order valence-corrected chi connectivity index (χ1v) is 7.90. The van der Waals surface area contributed by atoms with Crippen LogP contribution in [0, 0.1) is 0 Å². The van der Waals surface area contributed by atoms with E-state index in [1.54, 1.807) is 0 Å². The van der Waals surface area contributed by atoms with Crippen molar-refractivity contribution in [3.05, 3.63) is 28.8 Å². The van der Waals surface area contributed by atoms with Gasteiger partial charge in [0.15, 0.2) is 0 Å². The highest BCUT2D eigenvalue weighted by Crippen LogP contribution is 2.31. The average molecular weight is 285 g/mol. The lowest BCUT2D eigenvalue weighted by Gasteiger charge is -2.34. The fourth-order valence-corrected chi connectivity index (χ4v) is 3.67. The van der Waals surface area contributed by atoms with Gasteiger partial charge in [-0.3, -0.25) is 0 Å². The standard InChI is InChI=1S/C14H21ClN2S/c1-10(16)8-12-13(15)4-3-5-14(12)17-6-7-18-11(2)9-17/h3-5,10-11H,6-9,16H2,1-2H3. The van der Waals surface area contributed by atoms with Crippen molar-refractivity contribution in [3.8, 4) is 0 Å². The molecule has 18 heavy (non-hydrogen) atoms. The summed E-state index contributed by atoms with van der Waals surface area (Å²) in [4.78, 5) is 2.45. The molecule has 1 saturated heterocycles. The summed E-state index contributed by atoms with van der Waals surface area (Å²) in [6, 6.07) is 6.31. The Balaban J connectivity index is 2.28. The van der Waals surface area contributed by atoms with Gasteiger partial charge in [0.1, 0.15) is 0 Å². The van der Waals surface area contributed by atoms with Crippen molar-refractivity contribution in [1.29, 1.82) is 0 Å². The number of anilines is 1. The zero-order valence-corrected chi connectivity index (χ0v) is 12.6. The van der Waals surface area contributed by atoms with Gasteiger partial charge in [-0.15, -0.1) is 0 Å². The Morgan fingerprint density at radius 1 is 1.56 bits per heavy atom. The van der Waals surface area contributed by atoms with E-state index in [0.717, 1.165) is 24.5 Å². The number of benzene rings is 1. The Morgan fingerprint density at radius 2 is 2.33 bits per heavy atom. The molecule has 0 radical (unpaired) electrons. The number of rotatable bonds is 3. The molecule has 1 aliphatic heterocycles. The molecule has 100 valence electrons. The number of thioether (sulfide) groups is 1. The van der Waals surface area contributed by atoms with Crippen molar-refractivity contribution in [2.75, 3.05) is 23.7 Å². The molecule has 2 atom stereocenters. The van der Waals surface area contributed by atoms with E-state index in [4.69, 9.17) is 17.3 Å².